The van der Waals surface area contributed by atoms with Crippen molar-refractivity contribution in [3.63, 3.8) is 0 Å². The second-order valence-electron chi connectivity index (χ2n) is 7.82. The first kappa shape index (κ1) is 25.1. The van der Waals surface area contributed by atoms with Gasteiger partial charge < -0.3 is 19.3 Å². The zero-order chi connectivity index (χ0) is 24.1. The first-order chi connectivity index (χ1) is 15.7. The summed E-state index contributed by atoms with van der Waals surface area (Å²) >= 11 is -0.127. The lowest BCUT2D eigenvalue weighted by atomic mass is 9.94. The van der Waals surface area contributed by atoms with Crippen LogP contribution in [-0.2, 0) is 17.6 Å². The molecule has 2 aromatic carbocycles. The summed E-state index contributed by atoms with van der Waals surface area (Å²) in [5.41, 5.74) is -3.99. The molecule has 0 amide bonds. The molecule has 0 radical (unpaired) electrons. The summed E-state index contributed by atoms with van der Waals surface area (Å²) < 4.78 is 55.2. The number of carboxylic acids is 1. The van der Waals surface area contributed by atoms with Gasteiger partial charge in [0.25, 0.3) is 0 Å². The first-order valence-corrected chi connectivity index (χ1v) is 11.7. The quantitative estimate of drug-likeness (QED) is 0.300. The minimum Gasteiger partial charge on any atom is -0.493 e. The minimum absolute atomic E-state index is 0.127. The van der Waals surface area contributed by atoms with E-state index in [0.717, 1.165) is 17.5 Å². The lowest BCUT2D eigenvalue weighted by Crippen LogP contribution is -2.42. The number of rotatable bonds is 11. The third kappa shape index (κ3) is 6.50. The van der Waals surface area contributed by atoms with Crippen molar-refractivity contribution in [3.8, 4) is 17.2 Å². The van der Waals surface area contributed by atoms with E-state index < -0.39 is 17.1 Å². The Kier molecular flexibility index (Phi) is 8.05. The Labute approximate surface area is 195 Å². The monoisotopic (exact) mass is 484 g/mol. The number of thioether (sulfide) groups is 1. The molecule has 1 atom stereocenters. The fourth-order valence-corrected chi connectivity index (χ4v) is 4.30. The summed E-state index contributed by atoms with van der Waals surface area (Å²) in [6.07, 6.45) is 2.65. The van der Waals surface area contributed by atoms with Gasteiger partial charge in [-0.3, -0.25) is 0 Å². The van der Waals surface area contributed by atoms with Crippen LogP contribution in [0.2, 0.25) is 0 Å². The number of hydrogen-bond acceptors (Lipinski definition) is 5. The molecule has 9 heteroatoms. The topological polar surface area (TPSA) is 65.0 Å². The smallest absolute Gasteiger partial charge is 0.446 e. The number of carboxylic acid groups (broad SMARTS) is 1. The number of alkyl halides is 3. The molecule has 0 fully saturated rings. The van der Waals surface area contributed by atoms with Crippen molar-refractivity contribution in [1.29, 1.82) is 0 Å². The van der Waals surface area contributed by atoms with Crippen LogP contribution in [0.25, 0.3) is 0 Å². The maximum Gasteiger partial charge on any atom is 0.446 e. The minimum atomic E-state index is -4.32. The van der Waals surface area contributed by atoms with Gasteiger partial charge in [0, 0.05) is 23.3 Å². The standard InChI is InChI=1S/C24H27F3O5S/c1-3-6-16-14-19(33-24(25,26)27)8-10-20(16)31-12-5-11-30-18-7-9-21-17(13-18)15-23(4-2,32-21)22(28)29/h7-10,13-14H,3-6,11-12,15H2,1-2H3,(H,28,29). The van der Waals surface area contributed by atoms with Gasteiger partial charge in [0.2, 0.25) is 5.60 Å². The normalized spacial score (nSPS) is 17.4. The molecule has 3 rings (SSSR count). The highest BCUT2D eigenvalue weighted by molar-refractivity contribution is 8.00. The molecule has 1 aliphatic heterocycles. The summed E-state index contributed by atoms with van der Waals surface area (Å²) in [5.74, 6) is 0.788. The van der Waals surface area contributed by atoms with Crippen LogP contribution in [0, 0.1) is 0 Å². The van der Waals surface area contributed by atoms with Gasteiger partial charge in [-0.25, -0.2) is 4.79 Å². The molecule has 1 aliphatic rings. The van der Waals surface area contributed by atoms with Crippen LogP contribution in [0.1, 0.15) is 44.2 Å². The fraction of sp³-hybridized carbons (Fsp3) is 0.458. The van der Waals surface area contributed by atoms with Crippen LogP contribution in [0.5, 0.6) is 17.2 Å². The molecule has 0 spiro atoms. The van der Waals surface area contributed by atoms with Crippen molar-refractivity contribution < 1.29 is 37.3 Å². The molecular formula is C24H27F3O5S. The van der Waals surface area contributed by atoms with E-state index in [9.17, 15) is 23.1 Å². The summed E-state index contributed by atoms with van der Waals surface area (Å²) in [4.78, 5) is 11.7. The average molecular weight is 485 g/mol. The van der Waals surface area contributed by atoms with Gasteiger partial charge in [-0.15, -0.1) is 0 Å². The molecular weight excluding hydrogens is 457 g/mol. The number of aryl methyl sites for hydroxylation is 1. The van der Waals surface area contributed by atoms with Crippen molar-refractivity contribution in [2.24, 2.45) is 0 Å². The average Bonchev–Trinajstić information content (AvgIpc) is 3.13. The molecule has 5 nitrogen and oxygen atoms in total. The predicted octanol–water partition coefficient (Wildman–Crippen LogP) is 6.27. The highest BCUT2D eigenvalue weighted by Gasteiger charge is 2.45. The molecule has 0 bridgehead atoms. The van der Waals surface area contributed by atoms with Gasteiger partial charge in [-0.05, 0) is 66.6 Å². The van der Waals surface area contributed by atoms with Crippen LogP contribution < -0.4 is 14.2 Å². The lowest BCUT2D eigenvalue weighted by Gasteiger charge is -2.21. The van der Waals surface area contributed by atoms with Crippen molar-refractivity contribution in [2.45, 2.75) is 62.0 Å². The van der Waals surface area contributed by atoms with Crippen molar-refractivity contribution >= 4 is 17.7 Å². The number of aliphatic carboxylic acids is 1. The molecule has 0 aromatic heterocycles. The van der Waals surface area contributed by atoms with E-state index in [1.54, 1.807) is 31.2 Å². The lowest BCUT2D eigenvalue weighted by molar-refractivity contribution is -0.154. The van der Waals surface area contributed by atoms with Crippen molar-refractivity contribution in [1.82, 2.24) is 0 Å². The number of benzene rings is 2. The Balaban J connectivity index is 1.51. The molecule has 0 aliphatic carbocycles. The Morgan fingerprint density at radius 1 is 1.15 bits per heavy atom. The predicted molar refractivity (Wildman–Crippen MR) is 119 cm³/mol. The summed E-state index contributed by atoms with van der Waals surface area (Å²) in [6.45, 7) is 4.48. The number of carbonyl (C=O) groups is 1. The van der Waals surface area contributed by atoms with E-state index in [4.69, 9.17) is 14.2 Å². The zero-order valence-corrected chi connectivity index (χ0v) is 19.4. The van der Waals surface area contributed by atoms with Crippen LogP contribution in [0.3, 0.4) is 0 Å². The third-order valence-corrected chi connectivity index (χ3v) is 6.10. The molecule has 2 aromatic rings. The highest BCUT2D eigenvalue weighted by Crippen LogP contribution is 2.40. The number of halogens is 3. The molecule has 33 heavy (non-hydrogen) atoms. The van der Waals surface area contributed by atoms with E-state index >= 15 is 0 Å². The zero-order valence-electron chi connectivity index (χ0n) is 18.5. The number of hydrogen-bond donors (Lipinski definition) is 1. The largest absolute Gasteiger partial charge is 0.493 e. The maximum absolute atomic E-state index is 12.6. The Morgan fingerprint density at radius 2 is 1.91 bits per heavy atom. The SMILES string of the molecule is CCCc1cc(SC(F)(F)F)ccc1OCCCOc1ccc2c(c1)CC(CC)(C(=O)O)O2. The Hall–Kier alpha value is -2.55. The van der Waals surface area contributed by atoms with Gasteiger partial charge in [-0.1, -0.05) is 20.3 Å². The highest BCUT2D eigenvalue weighted by atomic mass is 32.2. The fourth-order valence-electron chi connectivity index (χ4n) is 3.69. The Morgan fingerprint density at radius 3 is 2.58 bits per heavy atom. The van der Waals surface area contributed by atoms with Gasteiger partial charge in [0.15, 0.2) is 0 Å². The first-order valence-electron chi connectivity index (χ1n) is 10.9. The summed E-state index contributed by atoms with van der Waals surface area (Å²) in [5, 5.41) is 9.50. The van der Waals surface area contributed by atoms with Gasteiger partial charge in [0.05, 0.1) is 13.2 Å². The summed E-state index contributed by atoms with van der Waals surface area (Å²) in [7, 11) is 0. The van der Waals surface area contributed by atoms with E-state index in [2.05, 4.69) is 0 Å². The second-order valence-corrected chi connectivity index (χ2v) is 8.96. The van der Waals surface area contributed by atoms with Crippen LogP contribution in [0.4, 0.5) is 13.2 Å². The van der Waals surface area contributed by atoms with E-state index in [1.165, 1.54) is 12.1 Å². The molecule has 0 saturated carbocycles. The molecule has 0 saturated heterocycles. The second kappa shape index (κ2) is 10.6. The van der Waals surface area contributed by atoms with Gasteiger partial charge >= 0.3 is 11.5 Å². The van der Waals surface area contributed by atoms with E-state index in [1.807, 2.05) is 6.92 Å². The van der Waals surface area contributed by atoms with Gasteiger partial charge in [-0.2, -0.15) is 13.2 Å². The van der Waals surface area contributed by atoms with E-state index in [-0.39, 0.29) is 23.1 Å². The molecule has 180 valence electrons. The summed E-state index contributed by atoms with van der Waals surface area (Å²) in [6, 6.07) is 9.80. The van der Waals surface area contributed by atoms with Crippen molar-refractivity contribution in [2.75, 3.05) is 13.2 Å². The van der Waals surface area contributed by atoms with Crippen LogP contribution in [-0.4, -0.2) is 35.4 Å². The van der Waals surface area contributed by atoms with Crippen molar-refractivity contribution in [3.05, 3.63) is 47.5 Å². The molecule has 1 unspecified atom stereocenters. The maximum atomic E-state index is 12.6. The van der Waals surface area contributed by atoms with Gasteiger partial charge in [0.1, 0.15) is 17.2 Å². The van der Waals surface area contributed by atoms with E-state index in [0.29, 0.717) is 49.7 Å². The van der Waals surface area contributed by atoms with Crippen LogP contribution in [0.15, 0.2) is 41.3 Å². The Bertz CT molecular complexity index is 979. The molecule has 1 heterocycles. The number of ether oxygens (including phenoxy) is 3. The van der Waals surface area contributed by atoms with Crippen LogP contribution >= 0.6 is 11.8 Å². The molecule has 1 N–H and O–H groups in total. The third-order valence-electron chi connectivity index (χ3n) is 5.37. The number of fused-ring (bicyclic) bond motifs is 1.